The molecular formula is C29H37FN2O4. The molecule has 3 heterocycles. The van der Waals surface area contributed by atoms with Gasteiger partial charge in [0, 0.05) is 12.1 Å². The summed E-state index contributed by atoms with van der Waals surface area (Å²) in [5, 5.41) is 3.08. The van der Waals surface area contributed by atoms with Crippen molar-refractivity contribution in [2.75, 3.05) is 26.7 Å². The maximum atomic E-state index is 15.5. The van der Waals surface area contributed by atoms with Crippen LogP contribution in [0.25, 0.3) is 11.1 Å². The minimum atomic E-state index is -0.408. The van der Waals surface area contributed by atoms with Crippen LogP contribution in [-0.4, -0.2) is 49.9 Å². The molecule has 3 fully saturated rings. The number of ether oxygens (including phenoxy) is 3. The average molecular weight is 497 g/mol. The van der Waals surface area contributed by atoms with E-state index in [1.807, 2.05) is 38.1 Å². The number of piperidine rings is 3. The molecule has 2 atom stereocenters. The van der Waals surface area contributed by atoms with Gasteiger partial charge in [-0.25, -0.2) is 9.18 Å². The highest BCUT2D eigenvalue weighted by atomic mass is 19.1. The van der Waals surface area contributed by atoms with Crippen LogP contribution in [0.15, 0.2) is 30.3 Å². The van der Waals surface area contributed by atoms with Crippen LogP contribution >= 0.6 is 0 Å². The van der Waals surface area contributed by atoms with Gasteiger partial charge < -0.3 is 19.5 Å². The maximum Gasteiger partial charge on any atom is 0.407 e. The monoisotopic (exact) mass is 496 g/mol. The molecule has 0 aromatic heterocycles. The van der Waals surface area contributed by atoms with E-state index in [1.165, 1.54) is 0 Å². The lowest BCUT2D eigenvalue weighted by Gasteiger charge is -2.44. The number of hydrogen-bond donors (Lipinski definition) is 1. The van der Waals surface area contributed by atoms with Crippen molar-refractivity contribution in [1.29, 1.82) is 0 Å². The van der Waals surface area contributed by atoms with E-state index in [9.17, 15) is 4.79 Å². The Morgan fingerprint density at radius 2 is 1.89 bits per heavy atom. The lowest BCUT2D eigenvalue weighted by Crippen LogP contribution is -2.53. The van der Waals surface area contributed by atoms with Crippen LogP contribution in [0.1, 0.15) is 57.7 Å². The second kappa shape index (κ2) is 9.58. The van der Waals surface area contributed by atoms with Crippen LogP contribution in [-0.2, 0) is 11.2 Å². The van der Waals surface area contributed by atoms with Crippen LogP contribution in [0.2, 0.25) is 0 Å². The lowest BCUT2D eigenvalue weighted by molar-refractivity contribution is -0.0349. The number of carbonyl (C=O) groups is 1. The molecular weight excluding hydrogens is 459 g/mol. The van der Waals surface area contributed by atoms with Gasteiger partial charge in [0.15, 0.2) is 11.5 Å². The van der Waals surface area contributed by atoms with Gasteiger partial charge >= 0.3 is 6.09 Å². The average Bonchev–Trinajstić information content (AvgIpc) is 3.08. The van der Waals surface area contributed by atoms with Crippen molar-refractivity contribution < 1.29 is 23.4 Å². The number of rotatable bonds is 6. The number of amides is 1. The van der Waals surface area contributed by atoms with Crippen LogP contribution < -0.4 is 14.8 Å². The molecule has 0 spiro atoms. The summed E-state index contributed by atoms with van der Waals surface area (Å²) in [6.45, 7) is 11.1. The van der Waals surface area contributed by atoms with Crippen molar-refractivity contribution in [3.63, 3.8) is 0 Å². The molecule has 1 amide bonds. The van der Waals surface area contributed by atoms with Gasteiger partial charge in [0.2, 0.25) is 0 Å². The predicted molar refractivity (Wildman–Crippen MR) is 137 cm³/mol. The fraction of sp³-hybridized carbons (Fsp3) is 0.552. The number of halogens is 1. The van der Waals surface area contributed by atoms with Crippen LogP contribution in [0, 0.1) is 17.2 Å². The number of methoxy groups -OCH3 is 1. The lowest BCUT2D eigenvalue weighted by atomic mass is 9.85. The zero-order valence-electron chi connectivity index (χ0n) is 21.9. The van der Waals surface area contributed by atoms with Crippen molar-refractivity contribution in [2.45, 2.75) is 65.2 Å². The van der Waals surface area contributed by atoms with E-state index in [-0.39, 0.29) is 29.5 Å². The van der Waals surface area contributed by atoms with Crippen LogP contribution in [0.3, 0.4) is 0 Å². The highest BCUT2D eigenvalue weighted by Crippen LogP contribution is 2.47. The zero-order valence-corrected chi connectivity index (χ0v) is 21.9. The normalized spacial score (nSPS) is 26.0. The van der Waals surface area contributed by atoms with Gasteiger partial charge in [-0.05, 0) is 98.5 Å². The van der Waals surface area contributed by atoms with Gasteiger partial charge in [0.25, 0.3) is 0 Å². The van der Waals surface area contributed by atoms with Crippen molar-refractivity contribution >= 4 is 6.09 Å². The smallest absolute Gasteiger partial charge is 0.407 e. The van der Waals surface area contributed by atoms with Gasteiger partial charge in [-0.2, -0.15) is 0 Å². The SMILES string of the molecule is COc1cc(-c2cc3c(cc2F)[C@H](NC(=O)O[C@@H]2CN4CCC2CC4)C(C)(C)C3)ccc1OC(C)C. The Balaban J connectivity index is 1.37. The first-order valence-corrected chi connectivity index (χ1v) is 13.0. The topological polar surface area (TPSA) is 60.0 Å². The van der Waals surface area contributed by atoms with Crippen LogP contribution in [0.4, 0.5) is 9.18 Å². The number of fused-ring (bicyclic) bond motifs is 4. The van der Waals surface area contributed by atoms with Gasteiger partial charge in [0.1, 0.15) is 11.9 Å². The highest BCUT2D eigenvalue weighted by Gasteiger charge is 2.42. The Bertz CT molecular complexity index is 1140. The molecule has 3 aliphatic heterocycles. The van der Waals surface area contributed by atoms with Gasteiger partial charge in [-0.3, -0.25) is 4.90 Å². The minimum Gasteiger partial charge on any atom is -0.493 e. The zero-order chi connectivity index (χ0) is 25.6. The molecule has 36 heavy (non-hydrogen) atoms. The predicted octanol–water partition coefficient (Wildman–Crippen LogP) is 5.73. The molecule has 4 aliphatic rings. The Labute approximate surface area is 213 Å². The summed E-state index contributed by atoms with van der Waals surface area (Å²) in [7, 11) is 1.58. The van der Waals surface area contributed by atoms with E-state index < -0.39 is 6.09 Å². The molecule has 1 aliphatic carbocycles. The summed E-state index contributed by atoms with van der Waals surface area (Å²) in [4.78, 5) is 15.3. The first kappa shape index (κ1) is 24.9. The maximum absolute atomic E-state index is 15.5. The standard InChI is InChI=1S/C29H37FN2O4/c1-17(2)35-24-7-6-19(13-25(24)34-5)21-12-20-15-29(3,4)27(22(20)14-23(21)30)31-28(33)36-26-16-32-10-8-18(26)9-11-32/h6-7,12-14,17-18,26-27H,8-11,15-16H2,1-5H3,(H,31,33)/t26-,27+/m1/s1. The summed E-state index contributed by atoms with van der Waals surface area (Å²) >= 11 is 0. The molecule has 7 heteroatoms. The third-order valence-corrected chi connectivity index (χ3v) is 7.92. The molecule has 2 aromatic carbocycles. The third-order valence-electron chi connectivity index (χ3n) is 7.92. The summed E-state index contributed by atoms with van der Waals surface area (Å²) < 4.78 is 32.7. The highest BCUT2D eigenvalue weighted by molar-refractivity contribution is 5.71. The first-order chi connectivity index (χ1) is 17.1. The second-order valence-electron chi connectivity index (χ2n) is 11.4. The van der Waals surface area contributed by atoms with E-state index in [0.717, 1.165) is 55.6 Å². The fourth-order valence-corrected chi connectivity index (χ4v) is 6.08. The van der Waals surface area contributed by atoms with Crippen molar-refractivity contribution in [1.82, 2.24) is 10.2 Å². The van der Waals surface area contributed by atoms with Gasteiger partial charge in [0.05, 0.1) is 19.3 Å². The quantitative estimate of drug-likeness (QED) is 0.553. The number of carbonyl (C=O) groups excluding carboxylic acids is 1. The molecule has 2 aromatic rings. The molecule has 6 nitrogen and oxygen atoms in total. The number of benzene rings is 2. The molecule has 3 saturated heterocycles. The Kier molecular flexibility index (Phi) is 6.62. The Morgan fingerprint density at radius 3 is 2.53 bits per heavy atom. The first-order valence-electron chi connectivity index (χ1n) is 13.0. The van der Waals surface area contributed by atoms with E-state index in [2.05, 4.69) is 24.1 Å². The molecule has 2 bridgehead atoms. The largest absolute Gasteiger partial charge is 0.493 e. The minimum absolute atomic E-state index is 0.00519. The van der Waals surface area contributed by atoms with Gasteiger partial charge in [-0.15, -0.1) is 0 Å². The van der Waals surface area contributed by atoms with Gasteiger partial charge in [-0.1, -0.05) is 19.9 Å². The number of nitrogens with one attached hydrogen (secondary N) is 1. The molecule has 0 saturated carbocycles. The van der Waals surface area contributed by atoms with E-state index in [4.69, 9.17) is 14.2 Å². The van der Waals surface area contributed by atoms with Crippen molar-refractivity contribution in [3.05, 3.63) is 47.3 Å². The van der Waals surface area contributed by atoms with Crippen molar-refractivity contribution in [2.24, 2.45) is 11.3 Å². The van der Waals surface area contributed by atoms with E-state index in [0.29, 0.717) is 23.0 Å². The molecule has 1 N–H and O–H groups in total. The molecule has 194 valence electrons. The molecule has 6 rings (SSSR count). The van der Waals surface area contributed by atoms with E-state index in [1.54, 1.807) is 13.2 Å². The van der Waals surface area contributed by atoms with Crippen molar-refractivity contribution in [3.8, 4) is 22.6 Å². The number of hydrogen-bond acceptors (Lipinski definition) is 5. The Hall–Kier alpha value is -2.80. The summed E-state index contributed by atoms with van der Waals surface area (Å²) in [6, 6.07) is 8.64. The van der Waals surface area contributed by atoms with E-state index >= 15 is 4.39 Å². The number of nitrogens with zero attached hydrogens (tertiary/aromatic N) is 1. The Morgan fingerprint density at radius 1 is 1.14 bits per heavy atom. The second-order valence-corrected chi connectivity index (χ2v) is 11.4. The molecule has 0 unspecified atom stereocenters. The summed E-state index contributed by atoms with van der Waals surface area (Å²) in [5.74, 6) is 1.31. The number of alkyl carbamates (subject to hydrolysis) is 1. The fourth-order valence-electron chi connectivity index (χ4n) is 6.08. The molecule has 0 radical (unpaired) electrons. The third kappa shape index (κ3) is 4.77. The van der Waals surface area contributed by atoms with Crippen LogP contribution in [0.5, 0.6) is 11.5 Å². The summed E-state index contributed by atoms with van der Waals surface area (Å²) in [5.41, 5.74) is 2.81. The summed E-state index contributed by atoms with van der Waals surface area (Å²) in [6.07, 6.45) is 2.43.